The summed E-state index contributed by atoms with van der Waals surface area (Å²) in [5.41, 5.74) is 1.49. The fourth-order valence-corrected chi connectivity index (χ4v) is 4.61. The van der Waals surface area contributed by atoms with Gasteiger partial charge in [-0.05, 0) is 49.4 Å². The molecule has 1 N–H and O–H groups in total. The number of aromatic hydroxyl groups is 1. The SMILES string of the molecule is CC[C@]1(C)CC[C@H](C)C[C@H](N(C)c2ccc(-c3ccc(-n4ccnn4)cc3O)nn2)[C@H]1F. The van der Waals surface area contributed by atoms with Gasteiger partial charge >= 0.3 is 0 Å². The fourth-order valence-electron chi connectivity index (χ4n) is 4.61. The molecule has 2 heterocycles. The summed E-state index contributed by atoms with van der Waals surface area (Å²) in [6.07, 6.45) is 5.91. The summed E-state index contributed by atoms with van der Waals surface area (Å²) in [5, 5.41) is 26.9. The van der Waals surface area contributed by atoms with E-state index in [0.717, 1.165) is 25.7 Å². The van der Waals surface area contributed by atoms with Crippen LogP contribution in [-0.2, 0) is 0 Å². The Morgan fingerprint density at radius 2 is 2.06 bits per heavy atom. The Hall–Kier alpha value is -3.03. The maximum Gasteiger partial charge on any atom is 0.151 e. The molecule has 8 heteroatoms. The zero-order valence-electron chi connectivity index (χ0n) is 19.1. The zero-order chi connectivity index (χ0) is 22.9. The van der Waals surface area contributed by atoms with Crippen LogP contribution in [0.15, 0.2) is 42.7 Å². The highest BCUT2D eigenvalue weighted by Gasteiger charge is 2.43. The number of hydrogen-bond acceptors (Lipinski definition) is 6. The number of alkyl halides is 1. The first-order chi connectivity index (χ1) is 15.3. The number of hydrogen-bond donors (Lipinski definition) is 1. The van der Waals surface area contributed by atoms with Gasteiger partial charge in [0.1, 0.15) is 11.9 Å². The van der Waals surface area contributed by atoms with Crippen LogP contribution in [0.25, 0.3) is 16.9 Å². The first kappa shape index (κ1) is 22.2. The first-order valence-electron chi connectivity index (χ1n) is 11.2. The van der Waals surface area contributed by atoms with E-state index in [1.807, 2.05) is 30.1 Å². The third-order valence-corrected chi connectivity index (χ3v) is 7.12. The maximum absolute atomic E-state index is 15.7. The molecule has 0 bridgehead atoms. The van der Waals surface area contributed by atoms with Crippen LogP contribution in [0.5, 0.6) is 5.75 Å². The molecule has 0 spiro atoms. The summed E-state index contributed by atoms with van der Waals surface area (Å²) in [6.45, 7) is 6.35. The number of phenols is 1. The second kappa shape index (κ2) is 8.84. The number of halogens is 1. The second-order valence-electron chi connectivity index (χ2n) is 9.29. The molecule has 0 aliphatic heterocycles. The summed E-state index contributed by atoms with van der Waals surface area (Å²) in [6, 6.07) is 8.63. The van der Waals surface area contributed by atoms with Crippen LogP contribution in [0, 0.1) is 11.3 Å². The van der Waals surface area contributed by atoms with Gasteiger partial charge in [-0.1, -0.05) is 32.4 Å². The van der Waals surface area contributed by atoms with E-state index in [1.165, 1.54) is 0 Å². The van der Waals surface area contributed by atoms with Crippen molar-refractivity contribution in [1.82, 2.24) is 25.2 Å². The monoisotopic (exact) mass is 438 g/mol. The van der Waals surface area contributed by atoms with Gasteiger partial charge in [0.2, 0.25) is 0 Å². The summed E-state index contributed by atoms with van der Waals surface area (Å²) in [5.74, 6) is 1.17. The Morgan fingerprint density at radius 1 is 1.25 bits per heavy atom. The van der Waals surface area contributed by atoms with Crippen molar-refractivity contribution < 1.29 is 9.50 Å². The van der Waals surface area contributed by atoms with Crippen LogP contribution < -0.4 is 4.90 Å². The zero-order valence-corrected chi connectivity index (χ0v) is 19.1. The van der Waals surface area contributed by atoms with Crippen LogP contribution in [0.1, 0.15) is 46.5 Å². The molecule has 4 rings (SSSR count). The van der Waals surface area contributed by atoms with E-state index < -0.39 is 6.17 Å². The first-order valence-corrected chi connectivity index (χ1v) is 11.2. The average Bonchev–Trinajstić information content (AvgIpc) is 3.32. The van der Waals surface area contributed by atoms with Gasteiger partial charge < -0.3 is 10.0 Å². The molecule has 0 saturated heterocycles. The van der Waals surface area contributed by atoms with Crippen molar-refractivity contribution in [2.45, 2.75) is 58.7 Å². The molecular weight excluding hydrogens is 407 g/mol. The summed E-state index contributed by atoms with van der Waals surface area (Å²) in [7, 11) is 1.90. The normalized spacial score (nSPS) is 26.0. The minimum absolute atomic E-state index is 0.0773. The number of aromatic nitrogens is 5. The molecule has 32 heavy (non-hydrogen) atoms. The highest BCUT2D eigenvalue weighted by atomic mass is 19.1. The van der Waals surface area contributed by atoms with Gasteiger partial charge in [-0.2, -0.15) is 0 Å². The molecule has 3 aromatic rings. The maximum atomic E-state index is 15.7. The average molecular weight is 439 g/mol. The minimum atomic E-state index is -0.933. The fraction of sp³-hybridized carbons (Fsp3) is 0.500. The molecule has 1 fully saturated rings. The van der Waals surface area contributed by atoms with Gasteiger partial charge in [-0.3, -0.25) is 0 Å². The Bertz CT molecular complexity index is 1040. The Morgan fingerprint density at radius 3 is 2.69 bits per heavy atom. The van der Waals surface area contributed by atoms with Crippen molar-refractivity contribution in [3.8, 4) is 22.7 Å². The number of phenolic OH excluding ortho intramolecular Hbond substituents is 1. The molecule has 170 valence electrons. The second-order valence-corrected chi connectivity index (χ2v) is 9.29. The highest BCUT2D eigenvalue weighted by molar-refractivity contribution is 5.69. The molecule has 1 aliphatic carbocycles. The van der Waals surface area contributed by atoms with E-state index in [9.17, 15) is 5.11 Å². The van der Waals surface area contributed by atoms with E-state index in [2.05, 4.69) is 41.3 Å². The van der Waals surface area contributed by atoms with E-state index >= 15 is 4.39 Å². The van der Waals surface area contributed by atoms with E-state index in [-0.39, 0.29) is 17.2 Å². The smallest absolute Gasteiger partial charge is 0.151 e. The Kier molecular flexibility index (Phi) is 6.13. The quantitative estimate of drug-likeness (QED) is 0.576. The lowest BCUT2D eigenvalue weighted by atomic mass is 9.77. The Labute approximate surface area is 188 Å². The number of benzene rings is 1. The predicted molar refractivity (Wildman–Crippen MR) is 123 cm³/mol. The number of rotatable bonds is 5. The van der Waals surface area contributed by atoms with Crippen molar-refractivity contribution in [2.75, 3.05) is 11.9 Å². The van der Waals surface area contributed by atoms with Gasteiger partial charge in [-0.25, -0.2) is 9.07 Å². The van der Waals surface area contributed by atoms with Crippen LogP contribution in [-0.4, -0.2) is 49.6 Å². The summed E-state index contributed by atoms with van der Waals surface area (Å²) >= 11 is 0. The molecule has 7 nitrogen and oxygen atoms in total. The number of nitrogens with zero attached hydrogens (tertiary/aromatic N) is 6. The molecule has 0 amide bonds. The van der Waals surface area contributed by atoms with E-state index in [1.54, 1.807) is 29.2 Å². The minimum Gasteiger partial charge on any atom is -0.507 e. The van der Waals surface area contributed by atoms with Gasteiger partial charge in [0.05, 0.1) is 29.8 Å². The standard InChI is InChI=1S/C24H31FN6O/c1-5-24(3)11-10-16(2)14-20(23(24)25)30(4)22-9-8-19(27-28-22)18-7-6-17(15-21(18)32)31-13-12-26-29-31/h6-9,12-13,15-16,20,23,32H,5,10-11,14H2,1-4H3/t16-,20-,23+,24+/m0/s1. The predicted octanol–water partition coefficient (Wildman–Crippen LogP) is 4.81. The van der Waals surface area contributed by atoms with Crippen LogP contribution in [0.4, 0.5) is 10.2 Å². The molecule has 2 aromatic heterocycles. The molecular formula is C24H31FN6O. The van der Waals surface area contributed by atoms with Crippen LogP contribution in [0.3, 0.4) is 0 Å². The molecule has 1 saturated carbocycles. The van der Waals surface area contributed by atoms with Crippen molar-refractivity contribution in [3.05, 3.63) is 42.7 Å². The molecule has 1 aliphatic rings. The van der Waals surface area contributed by atoms with Crippen LogP contribution >= 0.6 is 0 Å². The lowest BCUT2D eigenvalue weighted by Gasteiger charge is -2.38. The van der Waals surface area contributed by atoms with Crippen molar-refractivity contribution >= 4 is 5.82 Å². The molecule has 0 unspecified atom stereocenters. The van der Waals surface area contributed by atoms with Crippen molar-refractivity contribution in [3.63, 3.8) is 0 Å². The molecule has 0 radical (unpaired) electrons. The van der Waals surface area contributed by atoms with E-state index in [4.69, 9.17) is 0 Å². The van der Waals surface area contributed by atoms with Crippen molar-refractivity contribution in [1.29, 1.82) is 0 Å². The Balaban J connectivity index is 1.57. The summed E-state index contributed by atoms with van der Waals surface area (Å²) < 4.78 is 17.3. The van der Waals surface area contributed by atoms with E-state index in [0.29, 0.717) is 28.7 Å². The highest BCUT2D eigenvalue weighted by Crippen LogP contribution is 2.43. The topological polar surface area (TPSA) is 80.0 Å². The van der Waals surface area contributed by atoms with Gasteiger partial charge in [-0.15, -0.1) is 15.3 Å². The number of anilines is 1. The molecule has 4 atom stereocenters. The van der Waals surface area contributed by atoms with Gasteiger partial charge in [0.25, 0.3) is 0 Å². The third kappa shape index (κ3) is 4.18. The lowest BCUT2D eigenvalue weighted by Crippen LogP contribution is -2.46. The summed E-state index contributed by atoms with van der Waals surface area (Å²) in [4.78, 5) is 1.94. The van der Waals surface area contributed by atoms with Gasteiger partial charge in [0, 0.05) is 24.1 Å². The third-order valence-electron chi connectivity index (χ3n) is 7.12. The largest absolute Gasteiger partial charge is 0.507 e. The molecule has 1 aromatic carbocycles. The van der Waals surface area contributed by atoms with Crippen molar-refractivity contribution in [2.24, 2.45) is 11.3 Å². The lowest BCUT2D eigenvalue weighted by molar-refractivity contribution is 0.0925. The van der Waals surface area contributed by atoms with Crippen LogP contribution in [0.2, 0.25) is 0 Å². The van der Waals surface area contributed by atoms with Gasteiger partial charge in [0.15, 0.2) is 5.82 Å².